The number of hydrogen-bond donors (Lipinski definition) is 1. The molecule has 24 heavy (non-hydrogen) atoms. The Labute approximate surface area is 137 Å². The molecule has 1 fully saturated rings. The predicted molar refractivity (Wildman–Crippen MR) is 81.2 cm³/mol. The van der Waals surface area contributed by atoms with Gasteiger partial charge in [-0.3, -0.25) is 4.90 Å². The third-order valence-electron chi connectivity index (χ3n) is 4.55. The van der Waals surface area contributed by atoms with Crippen LogP contribution in [-0.2, 0) is 12.7 Å². The molecular formula is C17H19F3N2O2. The van der Waals surface area contributed by atoms with Crippen molar-refractivity contribution in [3.63, 3.8) is 0 Å². The van der Waals surface area contributed by atoms with E-state index in [0.29, 0.717) is 18.8 Å². The van der Waals surface area contributed by atoms with Crippen LogP contribution in [-0.4, -0.2) is 27.8 Å². The largest absolute Gasteiger partial charge is 0.416 e. The van der Waals surface area contributed by atoms with Crippen molar-refractivity contribution in [3.05, 3.63) is 52.4 Å². The fourth-order valence-corrected chi connectivity index (χ4v) is 3.35. The van der Waals surface area contributed by atoms with Crippen molar-refractivity contribution in [2.45, 2.75) is 45.1 Å². The summed E-state index contributed by atoms with van der Waals surface area (Å²) in [6, 6.07) is 5.08. The Hall–Kier alpha value is -1.86. The summed E-state index contributed by atoms with van der Waals surface area (Å²) in [6.45, 7) is 4.30. The number of halogens is 3. The Bertz CT molecular complexity index is 707. The average molecular weight is 340 g/mol. The van der Waals surface area contributed by atoms with Crippen LogP contribution < -0.4 is 0 Å². The summed E-state index contributed by atoms with van der Waals surface area (Å²) in [5.41, 5.74) is 1.14. The number of benzene rings is 1. The van der Waals surface area contributed by atoms with E-state index in [4.69, 9.17) is 4.52 Å². The number of nitrogens with zero attached hydrogens (tertiary/aromatic N) is 2. The molecular weight excluding hydrogens is 321 g/mol. The fourth-order valence-electron chi connectivity index (χ4n) is 3.35. The summed E-state index contributed by atoms with van der Waals surface area (Å²) in [4.78, 5) is 1.86. The number of aliphatic hydroxyl groups excluding tert-OH is 1. The van der Waals surface area contributed by atoms with Crippen LogP contribution in [0.15, 0.2) is 28.8 Å². The van der Waals surface area contributed by atoms with E-state index in [2.05, 4.69) is 5.16 Å². The first-order valence-corrected chi connectivity index (χ1v) is 7.77. The highest BCUT2D eigenvalue weighted by molar-refractivity contribution is 5.34. The average Bonchev–Trinajstić information content (AvgIpc) is 3.03. The van der Waals surface area contributed by atoms with Crippen LogP contribution in [0.1, 0.15) is 40.6 Å². The standard InChI is InChI=1S/C17H19F3N2O2/c1-10-14(11(2)24-21-10)9-22-8-12(23)7-16(22)13-5-3-4-6-15(13)17(18,19)20/h3-6,12,16,23H,7-9H2,1-2H3/t12-,16-/m0/s1. The molecule has 0 saturated carbocycles. The number of alkyl halides is 3. The lowest BCUT2D eigenvalue weighted by atomic mass is 9.97. The Kier molecular flexibility index (Phi) is 4.40. The second-order valence-electron chi connectivity index (χ2n) is 6.22. The van der Waals surface area contributed by atoms with Crippen LogP contribution >= 0.6 is 0 Å². The molecule has 1 N–H and O–H groups in total. The first-order chi connectivity index (χ1) is 11.3. The van der Waals surface area contributed by atoms with Crippen LogP contribution in [0, 0.1) is 13.8 Å². The van der Waals surface area contributed by atoms with E-state index in [-0.39, 0.29) is 12.0 Å². The summed E-state index contributed by atoms with van der Waals surface area (Å²) in [7, 11) is 0. The number of β-amino-alcohol motifs (C(OH)–C–C–N with tert-alkyl or cyclic N) is 1. The monoisotopic (exact) mass is 340 g/mol. The molecule has 0 aliphatic carbocycles. The smallest absolute Gasteiger partial charge is 0.392 e. The van der Waals surface area contributed by atoms with Gasteiger partial charge in [-0.2, -0.15) is 13.2 Å². The summed E-state index contributed by atoms with van der Waals surface area (Å²) in [5.74, 6) is 0.650. The minimum atomic E-state index is -4.42. The molecule has 4 nitrogen and oxygen atoms in total. The fraction of sp³-hybridized carbons (Fsp3) is 0.471. The van der Waals surface area contributed by atoms with Crippen LogP contribution in [0.5, 0.6) is 0 Å². The zero-order chi connectivity index (χ0) is 17.5. The normalized spacial score (nSPS) is 22.2. The van der Waals surface area contributed by atoms with E-state index in [1.165, 1.54) is 12.1 Å². The van der Waals surface area contributed by atoms with E-state index in [1.54, 1.807) is 19.9 Å². The summed E-state index contributed by atoms with van der Waals surface area (Å²) >= 11 is 0. The molecule has 0 amide bonds. The zero-order valence-electron chi connectivity index (χ0n) is 13.5. The highest BCUT2D eigenvalue weighted by atomic mass is 19.4. The summed E-state index contributed by atoms with van der Waals surface area (Å²) < 4.78 is 45.1. The highest BCUT2D eigenvalue weighted by Gasteiger charge is 2.40. The van der Waals surface area contributed by atoms with Gasteiger partial charge >= 0.3 is 6.18 Å². The first kappa shape index (κ1) is 17.0. The van der Waals surface area contributed by atoms with E-state index in [0.717, 1.165) is 17.3 Å². The van der Waals surface area contributed by atoms with Crippen molar-refractivity contribution in [2.24, 2.45) is 0 Å². The van der Waals surface area contributed by atoms with Gasteiger partial charge in [-0.15, -0.1) is 0 Å². The summed E-state index contributed by atoms with van der Waals surface area (Å²) in [5, 5.41) is 13.9. The van der Waals surface area contributed by atoms with Gasteiger partial charge in [-0.05, 0) is 31.9 Å². The molecule has 3 rings (SSSR count). The number of aromatic nitrogens is 1. The van der Waals surface area contributed by atoms with Gasteiger partial charge < -0.3 is 9.63 Å². The van der Waals surface area contributed by atoms with Gasteiger partial charge in [0.25, 0.3) is 0 Å². The van der Waals surface area contributed by atoms with Crippen molar-refractivity contribution in [2.75, 3.05) is 6.54 Å². The number of rotatable bonds is 3. The van der Waals surface area contributed by atoms with Gasteiger partial charge in [0, 0.05) is 24.7 Å². The topological polar surface area (TPSA) is 49.5 Å². The number of likely N-dealkylation sites (tertiary alicyclic amines) is 1. The van der Waals surface area contributed by atoms with E-state index >= 15 is 0 Å². The number of aryl methyl sites for hydroxylation is 2. The Morgan fingerprint density at radius 3 is 2.62 bits per heavy atom. The van der Waals surface area contributed by atoms with E-state index in [1.807, 2.05) is 4.90 Å². The van der Waals surface area contributed by atoms with Gasteiger partial charge in [0.15, 0.2) is 0 Å². The lowest BCUT2D eigenvalue weighted by molar-refractivity contribution is -0.138. The van der Waals surface area contributed by atoms with Gasteiger partial charge in [-0.25, -0.2) is 0 Å². The number of aliphatic hydroxyl groups is 1. The van der Waals surface area contributed by atoms with Gasteiger partial charge in [0.1, 0.15) is 5.76 Å². The molecule has 1 aromatic heterocycles. The molecule has 1 saturated heterocycles. The third-order valence-corrected chi connectivity index (χ3v) is 4.55. The van der Waals surface area contributed by atoms with Crippen molar-refractivity contribution >= 4 is 0 Å². The van der Waals surface area contributed by atoms with E-state index in [9.17, 15) is 18.3 Å². The maximum atomic E-state index is 13.3. The SMILES string of the molecule is Cc1noc(C)c1CN1C[C@@H](O)C[C@H]1c1ccccc1C(F)(F)F. The van der Waals surface area contributed by atoms with Crippen molar-refractivity contribution in [3.8, 4) is 0 Å². The minimum Gasteiger partial charge on any atom is -0.392 e. The van der Waals surface area contributed by atoms with Gasteiger partial charge in [0.05, 0.1) is 17.4 Å². The van der Waals surface area contributed by atoms with Crippen molar-refractivity contribution < 1.29 is 22.8 Å². The Balaban J connectivity index is 1.95. The molecule has 0 radical (unpaired) electrons. The molecule has 0 spiro atoms. The second kappa shape index (κ2) is 6.22. The van der Waals surface area contributed by atoms with Crippen LogP contribution in [0.25, 0.3) is 0 Å². The molecule has 2 atom stereocenters. The Morgan fingerprint density at radius 2 is 2.00 bits per heavy atom. The maximum absolute atomic E-state index is 13.3. The highest BCUT2D eigenvalue weighted by Crippen LogP contribution is 2.41. The summed E-state index contributed by atoms with van der Waals surface area (Å²) in [6.07, 6.45) is -4.80. The van der Waals surface area contributed by atoms with E-state index < -0.39 is 23.9 Å². The number of hydrogen-bond acceptors (Lipinski definition) is 4. The predicted octanol–water partition coefficient (Wildman–Crippen LogP) is 3.62. The first-order valence-electron chi connectivity index (χ1n) is 7.77. The molecule has 130 valence electrons. The lowest BCUT2D eigenvalue weighted by Crippen LogP contribution is -2.26. The quantitative estimate of drug-likeness (QED) is 0.927. The molecule has 1 aromatic carbocycles. The molecule has 1 aliphatic heterocycles. The van der Waals surface area contributed by atoms with Gasteiger partial charge in [0.2, 0.25) is 0 Å². The maximum Gasteiger partial charge on any atom is 0.416 e. The molecule has 2 heterocycles. The third kappa shape index (κ3) is 3.18. The molecule has 0 unspecified atom stereocenters. The van der Waals surface area contributed by atoms with Crippen molar-refractivity contribution in [1.29, 1.82) is 0 Å². The molecule has 1 aliphatic rings. The Morgan fingerprint density at radius 1 is 1.29 bits per heavy atom. The molecule has 7 heteroatoms. The molecule has 2 aromatic rings. The molecule has 0 bridgehead atoms. The van der Waals surface area contributed by atoms with Crippen LogP contribution in [0.2, 0.25) is 0 Å². The second-order valence-corrected chi connectivity index (χ2v) is 6.22. The van der Waals surface area contributed by atoms with Gasteiger partial charge in [-0.1, -0.05) is 23.4 Å². The van der Waals surface area contributed by atoms with Crippen molar-refractivity contribution in [1.82, 2.24) is 10.1 Å². The minimum absolute atomic E-state index is 0.202. The lowest BCUT2D eigenvalue weighted by Gasteiger charge is -2.26. The van der Waals surface area contributed by atoms with Crippen LogP contribution in [0.3, 0.4) is 0 Å². The van der Waals surface area contributed by atoms with Crippen LogP contribution in [0.4, 0.5) is 13.2 Å². The zero-order valence-corrected chi connectivity index (χ0v) is 13.5.